The zero-order chi connectivity index (χ0) is 13.8. The molecule has 1 aliphatic heterocycles. The number of carbonyl (C=O) groups is 1. The molecule has 0 spiro atoms. The first-order valence-electron chi connectivity index (χ1n) is 5.96. The van der Waals surface area contributed by atoms with E-state index in [1.165, 1.54) is 4.90 Å². The van der Waals surface area contributed by atoms with Crippen molar-refractivity contribution in [1.82, 2.24) is 4.90 Å². The monoisotopic (exact) mass is 276 g/mol. The molecule has 0 aromatic heterocycles. The molecule has 4 nitrogen and oxygen atoms in total. The smallest absolute Gasteiger partial charge is 0.330 e. The number of hydrogen-bond acceptors (Lipinski definition) is 4. The van der Waals surface area contributed by atoms with Gasteiger partial charge in [-0.2, -0.15) is 5.26 Å². The molecule has 0 bridgehead atoms. The Bertz CT molecular complexity index is 533. The van der Waals surface area contributed by atoms with Crippen LogP contribution in [-0.4, -0.2) is 23.5 Å². The molecule has 2 rings (SSSR count). The summed E-state index contributed by atoms with van der Waals surface area (Å²) in [6, 6.07) is 6.60. The minimum Gasteiger partial charge on any atom is -0.464 e. The summed E-state index contributed by atoms with van der Waals surface area (Å²) in [7, 11) is 0. The molecule has 0 fully saturated rings. The van der Waals surface area contributed by atoms with Crippen molar-refractivity contribution in [2.45, 2.75) is 18.9 Å². The normalized spacial score (nSPS) is 21.2. The molecule has 0 saturated heterocycles. The van der Waals surface area contributed by atoms with E-state index in [-0.39, 0.29) is 5.92 Å². The number of nitriles is 1. The molecule has 98 valence electrons. The predicted molar refractivity (Wildman–Crippen MR) is 71.2 cm³/mol. The number of benzene rings is 1. The van der Waals surface area contributed by atoms with Gasteiger partial charge >= 0.3 is 5.97 Å². The molecule has 2 unspecified atom stereocenters. The van der Waals surface area contributed by atoms with Crippen LogP contribution in [0.25, 0.3) is 0 Å². The fourth-order valence-corrected chi connectivity index (χ4v) is 2.24. The summed E-state index contributed by atoms with van der Waals surface area (Å²) >= 11 is 5.85. The zero-order valence-corrected chi connectivity index (χ0v) is 11.2. The van der Waals surface area contributed by atoms with Gasteiger partial charge in [0, 0.05) is 17.1 Å². The lowest BCUT2D eigenvalue weighted by Gasteiger charge is -2.22. The van der Waals surface area contributed by atoms with Crippen LogP contribution < -0.4 is 0 Å². The van der Waals surface area contributed by atoms with Crippen LogP contribution >= 0.6 is 11.6 Å². The van der Waals surface area contributed by atoms with Gasteiger partial charge in [0.05, 0.1) is 6.61 Å². The van der Waals surface area contributed by atoms with E-state index in [1.807, 2.05) is 24.4 Å². The number of carbonyl (C=O) groups excluding carboxylic acids is 1. The van der Waals surface area contributed by atoms with E-state index >= 15 is 0 Å². The fourth-order valence-electron chi connectivity index (χ4n) is 2.12. The fraction of sp³-hybridized carbons (Fsp3) is 0.286. The zero-order valence-electron chi connectivity index (χ0n) is 10.4. The lowest BCUT2D eigenvalue weighted by Crippen LogP contribution is -2.37. The van der Waals surface area contributed by atoms with Crippen molar-refractivity contribution in [3.8, 4) is 6.19 Å². The van der Waals surface area contributed by atoms with Crippen molar-refractivity contribution in [1.29, 1.82) is 5.26 Å². The summed E-state index contributed by atoms with van der Waals surface area (Å²) in [6.07, 6.45) is 5.42. The van der Waals surface area contributed by atoms with Crippen LogP contribution in [0.2, 0.25) is 5.02 Å². The van der Waals surface area contributed by atoms with Crippen LogP contribution in [0.1, 0.15) is 18.4 Å². The SMILES string of the molecule is CCOC(=O)C1C(c2ccc(Cl)cc2)C=CN1C#N. The summed E-state index contributed by atoms with van der Waals surface area (Å²) in [6.45, 7) is 2.04. The molecule has 1 heterocycles. The van der Waals surface area contributed by atoms with E-state index in [0.717, 1.165) is 5.56 Å². The lowest BCUT2D eigenvalue weighted by atomic mass is 9.93. The maximum atomic E-state index is 12.0. The van der Waals surface area contributed by atoms with E-state index < -0.39 is 12.0 Å². The first-order chi connectivity index (χ1) is 9.17. The average Bonchev–Trinajstić information content (AvgIpc) is 2.83. The van der Waals surface area contributed by atoms with Crippen molar-refractivity contribution in [2.75, 3.05) is 6.61 Å². The van der Waals surface area contributed by atoms with Crippen LogP contribution in [-0.2, 0) is 9.53 Å². The van der Waals surface area contributed by atoms with Crippen LogP contribution in [0.4, 0.5) is 0 Å². The maximum Gasteiger partial charge on any atom is 0.330 e. The van der Waals surface area contributed by atoms with E-state index in [4.69, 9.17) is 21.6 Å². The molecule has 2 atom stereocenters. The standard InChI is InChI=1S/C14H13ClN2O2/c1-2-19-14(18)13-12(7-8-17(13)9-16)10-3-5-11(15)6-4-10/h3-8,12-13H,2H2,1H3. The van der Waals surface area contributed by atoms with Crippen molar-refractivity contribution < 1.29 is 9.53 Å². The molecule has 0 saturated carbocycles. The Hall–Kier alpha value is -1.99. The van der Waals surface area contributed by atoms with Gasteiger partial charge in [-0.15, -0.1) is 0 Å². The highest BCUT2D eigenvalue weighted by Crippen LogP contribution is 2.31. The second kappa shape index (κ2) is 5.77. The molecule has 0 radical (unpaired) electrons. The minimum atomic E-state index is -0.633. The molecule has 1 aliphatic rings. The maximum absolute atomic E-state index is 12.0. The third kappa shape index (κ3) is 2.72. The lowest BCUT2D eigenvalue weighted by molar-refractivity contribution is -0.147. The Labute approximate surface area is 116 Å². The van der Waals surface area contributed by atoms with Crippen molar-refractivity contribution in [3.05, 3.63) is 47.1 Å². The Kier molecular flexibility index (Phi) is 4.08. The summed E-state index contributed by atoms with van der Waals surface area (Å²) in [5.74, 6) is -0.593. The molecular formula is C14H13ClN2O2. The number of esters is 1. The molecular weight excluding hydrogens is 264 g/mol. The van der Waals surface area contributed by atoms with Gasteiger partial charge in [0.25, 0.3) is 0 Å². The van der Waals surface area contributed by atoms with Crippen LogP contribution in [0.15, 0.2) is 36.5 Å². The second-order valence-corrected chi connectivity index (χ2v) is 4.56. The largest absolute Gasteiger partial charge is 0.464 e. The Balaban J connectivity index is 2.28. The van der Waals surface area contributed by atoms with Gasteiger partial charge in [0.1, 0.15) is 0 Å². The number of hydrogen-bond donors (Lipinski definition) is 0. The van der Waals surface area contributed by atoms with Gasteiger partial charge in [-0.25, -0.2) is 4.79 Å². The molecule has 5 heteroatoms. The van der Waals surface area contributed by atoms with E-state index in [2.05, 4.69) is 0 Å². The number of ether oxygens (including phenoxy) is 1. The number of halogens is 1. The predicted octanol–water partition coefficient (Wildman–Crippen LogP) is 2.67. The van der Waals surface area contributed by atoms with Gasteiger partial charge in [-0.1, -0.05) is 29.8 Å². The Morgan fingerprint density at radius 3 is 2.74 bits per heavy atom. The summed E-state index contributed by atoms with van der Waals surface area (Å²) in [5.41, 5.74) is 0.927. The number of nitrogens with zero attached hydrogens (tertiary/aromatic N) is 2. The molecule has 1 aromatic rings. The average molecular weight is 277 g/mol. The van der Waals surface area contributed by atoms with Gasteiger partial charge in [-0.05, 0) is 24.6 Å². The van der Waals surface area contributed by atoms with Gasteiger partial charge in [-0.3, -0.25) is 4.90 Å². The summed E-state index contributed by atoms with van der Waals surface area (Å²) in [5, 5.41) is 9.69. The Morgan fingerprint density at radius 1 is 1.47 bits per heavy atom. The summed E-state index contributed by atoms with van der Waals surface area (Å²) < 4.78 is 5.04. The van der Waals surface area contributed by atoms with Crippen molar-refractivity contribution >= 4 is 17.6 Å². The quantitative estimate of drug-likeness (QED) is 0.629. The topological polar surface area (TPSA) is 53.3 Å². The molecule has 0 N–H and O–H groups in total. The van der Waals surface area contributed by atoms with Crippen molar-refractivity contribution in [2.24, 2.45) is 0 Å². The van der Waals surface area contributed by atoms with Crippen LogP contribution in [0, 0.1) is 11.5 Å². The summed E-state index contributed by atoms with van der Waals surface area (Å²) in [4.78, 5) is 13.3. The highest BCUT2D eigenvalue weighted by molar-refractivity contribution is 6.30. The molecule has 1 aromatic carbocycles. The van der Waals surface area contributed by atoms with Gasteiger partial charge < -0.3 is 4.74 Å². The first kappa shape index (κ1) is 13.4. The van der Waals surface area contributed by atoms with Crippen LogP contribution in [0.3, 0.4) is 0 Å². The minimum absolute atomic E-state index is 0.198. The molecule has 0 amide bonds. The highest BCUT2D eigenvalue weighted by atomic mass is 35.5. The third-order valence-corrected chi connectivity index (χ3v) is 3.24. The van der Waals surface area contributed by atoms with E-state index in [0.29, 0.717) is 11.6 Å². The van der Waals surface area contributed by atoms with E-state index in [1.54, 1.807) is 25.3 Å². The second-order valence-electron chi connectivity index (χ2n) is 4.12. The van der Waals surface area contributed by atoms with Crippen LogP contribution in [0.5, 0.6) is 0 Å². The van der Waals surface area contributed by atoms with Crippen molar-refractivity contribution in [3.63, 3.8) is 0 Å². The van der Waals surface area contributed by atoms with Gasteiger partial charge in [0.2, 0.25) is 0 Å². The highest BCUT2D eigenvalue weighted by Gasteiger charge is 2.37. The Morgan fingerprint density at radius 2 is 2.16 bits per heavy atom. The molecule has 19 heavy (non-hydrogen) atoms. The van der Waals surface area contributed by atoms with E-state index in [9.17, 15) is 4.79 Å². The van der Waals surface area contributed by atoms with Gasteiger partial charge in [0.15, 0.2) is 12.2 Å². The third-order valence-electron chi connectivity index (χ3n) is 2.99. The molecule has 0 aliphatic carbocycles. The number of rotatable bonds is 3. The first-order valence-corrected chi connectivity index (χ1v) is 6.33.